The topological polar surface area (TPSA) is 12.0 Å². The predicted octanol–water partition coefficient (Wildman–Crippen LogP) is 4.57. The van der Waals surface area contributed by atoms with Gasteiger partial charge in [0.2, 0.25) is 0 Å². The molecule has 1 N–H and O–H groups in total. The maximum atomic E-state index is 13.9. The molecule has 0 amide bonds. The number of benzene rings is 1. The molecular formula is C14H21ClFN. The molecule has 1 nitrogen and oxygen atoms in total. The summed E-state index contributed by atoms with van der Waals surface area (Å²) in [6, 6.07) is 4.77. The third-order valence-corrected chi connectivity index (χ3v) is 3.08. The van der Waals surface area contributed by atoms with Gasteiger partial charge in [0.15, 0.2) is 0 Å². The van der Waals surface area contributed by atoms with Gasteiger partial charge in [-0.05, 0) is 30.5 Å². The Labute approximate surface area is 108 Å². The summed E-state index contributed by atoms with van der Waals surface area (Å²) in [5, 5.41) is 3.88. The zero-order valence-corrected chi connectivity index (χ0v) is 11.7. The molecule has 1 atom stereocenters. The lowest BCUT2D eigenvalue weighted by atomic mass is 9.82. The van der Waals surface area contributed by atoms with E-state index >= 15 is 0 Å². The van der Waals surface area contributed by atoms with E-state index in [2.05, 4.69) is 33.0 Å². The largest absolute Gasteiger partial charge is 0.309 e. The van der Waals surface area contributed by atoms with Crippen molar-refractivity contribution in [2.45, 2.75) is 40.2 Å². The zero-order valence-electron chi connectivity index (χ0n) is 11.0. The molecule has 96 valence electrons. The van der Waals surface area contributed by atoms with E-state index in [9.17, 15) is 4.39 Å². The van der Waals surface area contributed by atoms with Crippen molar-refractivity contribution in [1.82, 2.24) is 5.32 Å². The normalized spacial score (nSPS) is 13.8. The van der Waals surface area contributed by atoms with Gasteiger partial charge in [0.1, 0.15) is 5.82 Å². The lowest BCUT2D eigenvalue weighted by molar-refractivity contribution is 0.267. The Morgan fingerprint density at radius 1 is 1.35 bits per heavy atom. The SMILES string of the molecule is CCCNC(c1c(F)cccc1Cl)C(C)(C)C. The van der Waals surface area contributed by atoms with E-state index in [1.807, 2.05) is 0 Å². The summed E-state index contributed by atoms with van der Waals surface area (Å²) in [6.07, 6.45) is 1.01. The Balaban J connectivity index is 3.13. The third-order valence-electron chi connectivity index (χ3n) is 2.75. The first kappa shape index (κ1) is 14.5. The van der Waals surface area contributed by atoms with Crippen LogP contribution in [0.1, 0.15) is 45.7 Å². The number of halogens is 2. The minimum Gasteiger partial charge on any atom is -0.309 e. The highest BCUT2D eigenvalue weighted by atomic mass is 35.5. The van der Waals surface area contributed by atoms with Crippen LogP contribution < -0.4 is 5.32 Å². The summed E-state index contributed by atoms with van der Waals surface area (Å²) >= 11 is 6.13. The standard InChI is InChI=1S/C14H21ClFN/c1-5-9-17-13(14(2,3)4)12-10(15)7-6-8-11(12)16/h6-8,13,17H,5,9H2,1-4H3. The van der Waals surface area contributed by atoms with Crippen LogP contribution in [0.25, 0.3) is 0 Å². The van der Waals surface area contributed by atoms with E-state index in [-0.39, 0.29) is 17.3 Å². The summed E-state index contributed by atoms with van der Waals surface area (Å²) in [4.78, 5) is 0. The van der Waals surface area contributed by atoms with Crippen molar-refractivity contribution in [1.29, 1.82) is 0 Å². The molecule has 0 heterocycles. The molecule has 0 aliphatic carbocycles. The average molecular weight is 258 g/mol. The number of hydrogen-bond acceptors (Lipinski definition) is 1. The van der Waals surface area contributed by atoms with Crippen molar-refractivity contribution < 1.29 is 4.39 Å². The Morgan fingerprint density at radius 3 is 2.47 bits per heavy atom. The minimum atomic E-state index is -0.235. The van der Waals surface area contributed by atoms with Gasteiger partial charge in [-0.15, -0.1) is 0 Å². The Hall–Kier alpha value is -0.600. The molecule has 0 spiro atoms. The van der Waals surface area contributed by atoms with Gasteiger partial charge in [-0.1, -0.05) is 45.4 Å². The molecule has 0 saturated carbocycles. The first-order valence-corrected chi connectivity index (χ1v) is 6.43. The van der Waals surface area contributed by atoms with Crippen molar-refractivity contribution in [2.75, 3.05) is 6.54 Å². The second-order valence-electron chi connectivity index (χ2n) is 5.39. The van der Waals surface area contributed by atoms with Crippen LogP contribution in [-0.4, -0.2) is 6.54 Å². The highest BCUT2D eigenvalue weighted by molar-refractivity contribution is 6.31. The van der Waals surface area contributed by atoms with Gasteiger partial charge in [0.25, 0.3) is 0 Å². The molecule has 1 aromatic carbocycles. The van der Waals surface area contributed by atoms with Crippen molar-refractivity contribution >= 4 is 11.6 Å². The summed E-state index contributed by atoms with van der Waals surface area (Å²) in [5.74, 6) is -0.235. The Morgan fingerprint density at radius 2 is 2.00 bits per heavy atom. The van der Waals surface area contributed by atoms with Crippen LogP contribution in [-0.2, 0) is 0 Å². The molecule has 0 aromatic heterocycles. The Kier molecular flexibility index (Phi) is 4.96. The summed E-state index contributed by atoms with van der Waals surface area (Å²) in [6.45, 7) is 9.21. The van der Waals surface area contributed by atoms with Gasteiger partial charge in [-0.2, -0.15) is 0 Å². The monoisotopic (exact) mass is 257 g/mol. The second-order valence-corrected chi connectivity index (χ2v) is 5.80. The van der Waals surface area contributed by atoms with Gasteiger partial charge in [0.05, 0.1) is 0 Å². The molecule has 0 aliphatic rings. The molecular weight excluding hydrogens is 237 g/mol. The fraction of sp³-hybridized carbons (Fsp3) is 0.571. The first-order chi connectivity index (χ1) is 7.88. The highest BCUT2D eigenvalue weighted by Crippen LogP contribution is 2.37. The molecule has 0 bridgehead atoms. The lowest BCUT2D eigenvalue weighted by Crippen LogP contribution is -2.33. The van der Waals surface area contributed by atoms with E-state index in [1.165, 1.54) is 6.07 Å². The molecule has 0 radical (unpaired) electrons. The molecule has 1 unspecified atom stereocenters. The van der Waals surface area contributed by atoms with Crippen molar-refractivity contribution in [3.8, 4) is 0 Å². The van der Waals surface area contributed by atoms with Crippen LogP contribution in [0.4, 0.5) is 4.39 Å². The molecule has 0 aliphatic heterocycles. The van der Waals surface area contributed by atoms with E-state index < -0.39 is 0 Å². The first-order valence-electron chi connectivity index (χ1n) is 6.05. The van der Waals surface area contributed by atoms with Crippen molar-refractivity contribution in [3.63, 3.8) is 0 Å². The zero-order chi connectivity index (χ0) is 13.1. The van der Waals surface area contributed by atoms with Crippen LogP contribution in [0.15, 0.2) is 18.2 Å². The maximum Gasteiger partial charge on any atom is 0.129 e. The van der Waals surface area contributed by atoms with E-state index in [4.69, 9.17) is 11.6 Å². The van der Waals surface area contributed by atoms with Crippen LogP contribution >= 0.6 is 11.6 Å². The van der Waals surface area contributed by atoms with Crippen molar-refractivity contribution in [3.05, 3.63) is 34.6 Å². The van der Waals surface area contributed by atoms with E-state index in [0.717, 1.165) is 13.0 Å². The fourth-order valence-corrected chi connectivity index (χ4v) is 2.19. The van der Waals surface area contributed by atoms with Gasteiger partial charge in [-0.3, -0.25) is 0 Å². The van der Waals surface area contributed by atoms with Crippen molar-refractivity contribution in [2.24, 2.45) is 5.41 Å². The summed E-state index contributed by atoms with van der Waals surface area (Å²) in [7, 11) is 0. The quantitative estimate of drug-likeness (QED) is 0.833. The lowest BCUT2D eigenvalue weighted by Gasteiger charge is -2.33. The number of hydrogen-bond donors (Lipinski definition) is 1. The number of rotatable bonds is 4. The predicted molar refractivity (Wildman–Crippen MR) is 71.9 cm³/mol. The van der Waals surface area contributed by atoms with Crippen LogP contribution in [0, 0.1) is 11.2 Å². The van der Waals surface area contributed by atoms with E-state index in [1.54, 1.807) is 12.1 Å². The minimum absolute atomic E-state index is 0.0730. The van der Waals surface area contributed by atoms with Gasteiger partial charge < -0.3 is 5.32 Å². The second kappa shape index (κ2) is 5.83. The molecule has 17 heavy (non-hydrogen) atoms. The number of nitrogens with one attached hydrogen (secondary N) is 1. The van der Waals surface area contributed by atoms with Gasteiger partial charge in [-0.25, -0.2) is 4.39 Å². The van der Waals surface area contributed by atoms with E-state index in [0.29, 0.717) is 10.6 Å². The molecule has 0 fully saturated rings. The molecule has 1 aromatic rings. The maximum absolute atomic E-state index is 13.9. The smallest absolute Gasteiger partial charge is 0.129 e. The molecule has 0 saturated heterocycles. The van der Waals surface area contributed by atoms with Gasteiger partial charge >= 0.3 is 0 Å². The third kappa shape index (κ3) is 3.68. The average Bonchev–Trinajstić information content (AvgIpc) is 2.20. The summed E-state index contributed by atoms with van der Waals surface area (Å²) < 4.78 is 13.9. The van der Waals surface area contributed by atoms with Gasteiger partial charge in [0, 0.05) is 16.6 Å². The molecule has 3 heteroatoms. The Bertz CT molecular complexity index is 351. The fourth-order valence-electron chi connectivity index (χ4n) is 1.92. The van der Waals surface area contributed by atoms with Crippen LogP contribution in [0.2, 0.25) is 5.02 Å². The highest BCUT2D eigenvalue weighted by Gasteiger charge is 2.29. The summed E-state index contributed by atoms with van der Waals surface area (Å²) in [5.41, 5.74) is 0.496. The van der Waals surface area contributed by atoms with Crippen LogP contribution in [0.5, 0.6) is 0 Å². The molecule has 1 rings (SSSR count). The van der Waals surface area contributed by atoms with Crippen LogP contribution in [0.3, 0.4) is 0 Å².